The van der Waals surface area contributed by atoms with E-state index >= 15 is 0 Å². The maximum atomic E-state index is 12.0. The highest BCUT2D eigenvalue weighted by Crippen LogP contribution is 2.36. The molecular weight excluding hydrogens is 318 g/mol. The van der Waals surface area contributed by atoms with Crippen molar-refractivity contribution in [3.05, 3.63) is 29.3 Å². The summed E-state index contributed by atoms with van der Waals surface area (Å²) in [5.41, 5.74) is 6.26. The first kappa shape index (κ1) is 15.3. The Kier molecular flexibility index (Phi) is 4.42. The summed E-state index contributed by atoms with van der Waals surface area (Å²) in [6, 6.07) is 5.54. The molecule has 1 aliphatic heterocycles. The second-order valence-electron chi connectivity index (χ2n) is 4.93. The number of primary amides is 1. The van der Waals surface area contributed by atoms with E-state index < -0.39 is 0 Å². The van der Waals surface area contributed by atoms with Gasteiger partial charge in [-0.2, -0.15) is 0 Å². The summed E-state index contributed by atoms with van der Waals surface area (Å²) in [4.78, 5) is 27.0. The number of hydrogen-bond acceptors (Lipinski definition) is 6. The Morgan fingerprint density at radius 1 is 1.30 bits per heavy atom. The van der Waals surface area contributed by atoms with E-state index in [1.165, 1.54) is 11.3 Å². The number of carbonyl (C=O) groups is 2. The third-order valence-corrected chi connectivity index (χ3v) is 4.13. The number of aromatic nitrogens is 1. The fourth-order valence-corrected chi connectivity index (χ4v) is 2.89. The quantitative estimate of drug-likeness (QED) is 0.780. The van der Waals surface area contributed by atoms with E-state index in [1.54, 1.807) is 5.38 Å². The van der Waals surface area contributed by atoms with Gasteiger partial charge in [-0.05, 0) is 24.6 Å². The zero-order chi connectivity index (χ0) is 16.2. The van der Waals surface area contributed by atoms with Gasteiger partial charge in [0.15, 0.2) is 11.5 Å². The second-order valence-corrected chi connectivity index (χ2v) is 5.79. The lowest BCUT2D eigenvalue weighted by atomic mass is 10.2. The number of carbonyl (C=O) groups excluding carboxylic acids is 2. The Morgan fingerprint density at radius 3 is 2.96 bits per heavy atom. The van der Waals surface area contributed by atoms with Crippen LogP contribution in [0.5, 0.6) is 11.5 Å². The molecule has 0 aliphatic carbocycles. The van der Waals surface area contributed by atoms with Crippen LogP contribution >= 0.6 is 11.3 Å². The van der Waals surface area contributed by atoms with E-state index in [9.17, 15) is 9.59 Å². The van der Waals surface area contributed by atoms with Crippen molar-refractivity contribution < 1.29 is 19.1 Å². The molecule has 2 aromatic rings. The predicted octanol–water partition coefficient (Wildman–Crippen LogP) is 1.53. The molecule has 23 heavy (non-hydrogen) atoms. The highest BCUT2D eigenvalue weighted by atomic mass is 32.1. The third kappa shape index (κ3) is 3.59. The maximum Gasteiger partial charge on any atom is 0.270 e. The minimum atomic E-state index is -0.377. The van der Waals surface area contributed by atoms with Crippen LogP contribution in [0.1, 0.15) is 23.3 Å². The molecule has 1 aromatic heterocycles. The molecule has 3 rings (SSSR count). The fraction of sp³-hybridized carbons (Fsp3) is 0.267. The molecule has 0 spiro atoms. The second kappa shape index (κ2) is 6.66. The van der Waals surface area contributed by atoms with E-state index in [2.05, 4.69) is 10.3 Å². The van der Waals surface area contributed by atoms with Crippen molar-refractivity contribution in [1.82, 2.24) is 10.3 Å². The minimum absolute atomic E-state index is 0.218. The molecule has 120 valence electrons. The van der Waals surface area contributed by atoms with Crippen LogP contribution in [0.25, 0.3) is 10.6 Å². The molecule has 3 N–H and O–H groups in total. The maximum absolute atomic E-state index is 12.0. The zero-order valence-corrected chi connectivity index (χ0v) is 13.0. The molecule has 2 amide bonds. The largest absolute Gasteiger partial charge is 0.454 e. The lowest BCUT2D eigenvalue weighted by Crippen LogP contribution is -2.25. The molecule has 0 fully saturated rings. The summed E-state index contributed by atoms with van der Waals surface area (Å²) >= 11 is 1.38. The van der Waals surface area contributed by atoms with Crippen molar-refractivity contribution in [2.75, 3.05) is 13.3 Å². The Balaban J connectivity index is 1.63. The molecule has 0 bridgehead atoms. The molecule has 1 aromatic carbocycles. The van der Waals surface area contributed by atoms with Crippen LogP contribution in [-0.2, 0) is 4.79 Å². The van der Waals surface area contributed by atoms with Gasteiger partial charge in [-0.3, -0.25) is 9.59 Å². The Hall–Kier alpha value is -2.61. The molecular formula is C15H15N3O4S. The normalized spacial score (nSPS) is 12.2. The number of hydrogen-bond donors (Lipinski definition) is 2. The van der Waals surface area contributed by atoms with Gasteiger partial charge >= 0.3 is 0 Å². The van der Waals surface area contributed by atoms with Crippen molar-refractivity contribution in [1.29, 1.82) is 0 Å². The van der Waals surface area contributed by atoms with Gasteiger partial charge in [-0.1, -0.05) is 0 Å². The molecule has 8 heteroatoms. The summed E-state index contributed by atoms with van der Waals surface area (Å²) in [5.74, 6) is 0.739. The number of rotatable bonds is 6. The van der Waals surface area contributed by atoms with Crippen molar-refractivity contribution in [3.8, 4) is 22.1 Å². The van der Waals surface area contributed by atoms with Gasteiger partial charge in [0.1, 0.15) is 10.7 Å². The third-order valence-electron chi connectivity index (χ3n) is 3.24. The highest BCUT2D eigenvalue weighted by Gasteiger charge is 2.16. The van der Waals surface area contributed by atoms with E-state index in [0.29, 0.717) is 30.2 Å². The number of fused-ring (bicyclic) bond motifs is 1. The Morgan fingerprint density at radius 2 is 2.13 bits per heavy atom. The standard InChI is InChI=1S/C15H15N3O4S/c16-13(19)2-1-5-17-14(20)10-7-23-15(18-10)9-3-4-11-12(6-9)22-8-21-11/h3-4,6-7H,1-2,5,8H2,(H2,16,19)(H,17,20). The van der Waals surface area contributed by atoms with E-state index in [1.807, 2.05) is 18.2 Å². The summed E-state index contributed by atoms with van der Waals surface area (Å²) in [5, 5.41) is 5.14. The minimum Gasteiger partial charge on any atom is -0.454 e. The van der Waals surface area contributed by atoms with Crippen molar-refractivity contribution in [2.45, 2.75) is 12.8 Å². The first-order chi connectivity index (χ1) is 11.1. The monoisotopic (exact) mass is 333 g/mol. The molecule has 0 radical (unpaired) electrons. The Labute approximate surface area is 136 Å². The summed E-state index contributed by atoms with van der Waals surface area (Å²) in [7, 11) is 0. The number of benzene rings is 1. The SMILES string of the molecule is NC(=O)CCCNC(=O)c1csc(-c2ccc3c(c2)OCO3)n1. The van der Waals surface area contributed by atoms with Crippen LogP contribution in [0.15, 0.2) is 23.6 Å². The molecule has 0 atom stereocenters. The van der Waals surface area contributed by atoms with Crippen LogP contribution in [0.4, 0.5) is 0 Å². The molecule has 0 saturated carbocycles. The number of nitrogens with zero attached hydrogens (tertiary/aromatic N) is 1. The van der Waals surface area contributed by atoms with Crippen LogP contribution in [-0.4, -0.2) is 30.1 Å². The number of amides is 2. The number of nitrogens with one attached hydrogen (secondary N) is 1. The van der Waals surface area contributed by atoms with E-state index in [0.717, 1.165) is 10.6 Å². The fourth-order valence-electron chi connectivity index (χ4n) is 2.10. The first-order valence-corrected chi connectivity index (χ1v) is 7.93. The van der Waals surface area contributed by atoms with Gasteiger partial charge in [0.25, 0.3) is 5.91 Å². The smallest absolute Gasteiger partial charge is 0.270 e. The molecule has 7 nitrogen and oxygen atoms in total. The predicted molar refractivity (Wildman–Crippen MR) is 84.4 cm³/mol. The average Bonchev–Trinajstić information content (AvgIpc) is 3.18. The van der Waals surface area contributed by atoms with Crippen molar-refractivity contribution >= 4 is 23.2 Å². The number of thiazole rings is 1. The van der Waals surface area contributed by atoms with Crippen LogP contribution in [0, 0.1) is 0 Å². The molecule has 1 aliphatic rings. The van der Waals surface area contributed by atoms with E-state index in [4.69, 9.17) is 15.2 Å². The van der Waals surface area contributed by atoms with Gasteiger partial charge in [0.05, 0.1) is 0 Å². The van der Waals surface area contributed by atoms with Crippen LogP contribution in [0.3, 0.4) is 0 Å². The van der Waals surface area contributed by atoms with E-state index in [-0.39, 0.29) is 25.0 Å². The van der Waals surface area contributed by atoms with Gasteiger partial charge < -0.3 is 20.5 Å². The summed E-state index contributed by atoms with van der Waals surface area (Å²) < 4.78 is 10.6. The van der Waals surface area contributed by atoms with Crippen molar-refractivity contribution in [3.63, 3.8) is 0 Å². The van der Waals surface area contributed by atoms with Crippen LogP contribution in [0.2, 0.25) is 0 Å². The molecule has 0 saturated heterocycles. The number of nitrogens with two attached hydrogens (primary N) is 1. The van der Waals surface area contributed by atoms with Gasteiger partial charge in [-0.25, -0.2) is 4.98 Å². The summed E-state index contributed by atoms with van der Waals surface area (Å²) in [6.07, 6.45) is 0.764. The highest BCUT2D eigenvalue weighted by molar-refractivity contribution is 7.13. The van der Waals surface area contributed by atoms with Crippen LogP contribution < -0.4 is 20.5 Å². The summed E-state index contributed by atoms with van der Waals surface area (Å²) in [6.45, 7) is 0.605. The topological polar surface area (TPSA) is 104 Å². The number of ether oxygens (including phenoxy) is 2. The average molecular weight is 333 g/mol. The molecule has 2 heterocycles. The van der Waals surface area contributed by atoms with Gasteiger partial charge in [0.2, 0.25) is 12.7 Å². The lowest BCUT2D eigenvalue weighted by Gasteiger charge is -2.01. The van der Waals surface area contributed by atoms with Crippen molar-refractivity contribution in [2.24, 2.45) is 5.73 Å². The molecule has 0 unspecified atom stereocenters. The zero-order valence-electron chi connectivity index (χ0n) is 12.2. The lowest BCUT2D eigenvalue weighted by molar-refractivity contribution is -0.118. The van der Waals surface area contributed by atoms with Gasteiger partial charge in [0, 0.05) is 23.9 Å². The first-order valence-electron chi connectivity index (χ1n) is 7.05. The van der Waals surface area contributed by atoms with Gasteiger partial charge in [-0.15, -0.1) is 11.3 Å². The Bertz CT molecular complexity index is 744.